The summed E-state index contributed by atoms with van der Waals surface area (Å²) < 4.78 is 0. The van der Waals surface area contributed by atoms with Crippen LogP contribution in [0.1, 0.15) is 27.7 Å². The smallest absolute Gasteiger partial charge is 0.0417 e. The van der Waals surface area contributed by atoms with Crippen molar-refractivity contribution < 1.29 is 0 Å². The summed E-state index contributed by atoms with van der Waals surface area (Å²) in [5.41, 5.74) is 0. The maximum absolute atomic E-state index is 2.33. The van der Waals surface area contributed by atoms with Crippen molar-refractivity contribution in [1.29, 1.82) is 0 Å². The van der Waals surface area contributed by atoms with Gasteiger partial charge >= 0.3 is 0 Å². The van der Waals surface area contributed by atoms with E-state index >= 15 is 0 Å². The van der Waals surface area contributed by atoms with Gasteiger partial charge in [0.2, 0.25) is 0 Å². The Morgan fingerprint density at radius 2 is 1.62 bits per heavy atom. The topological polar surface area (TPSA) is 0 Å². The van der Waals surface area contributed by atoms with Crippen molar-refractivity contribution in [1.82, 2.24) is 0 Å². The Morgan fingerprint density at radius 1 is 1.25 bits per heavy atom. The van der Waals surface area contributed by atoms with Crippen molar-refractivity contribution in [3.05, 3.63) is 0 Å². The SMILES string of the molecule is C[Si]C(C)(C)C(C)C. The summed E-state index contributed by atoms with van der Waals surface area (Å²) in [4.78, 5) is 0. The van der Waals surface area contributed by atoms with Crippen LogP contribution in [0.15, 0.2) is 0 Å². The van der Waals surface area contributed by atoms with Crippen LogP contribution in [0.4, 0.5) is 0 Å². The molecular formula is C7H16Si. The molecule has 0 aliphatic rings. The first-order valence-electron chi connectivity index (χ1n) is 3.19. The third-order valence-electron chi connectivity index (χ3n) is 2.09. The van der Waals surface area contributed by atoms with E-state index in [1.807, 2.05) is 0 Å². The maximum atomic E-state index is 2.33. The van der Waals surface area contributed by atoms with Crippen molar-refractivity contribution >= 4 is 9.52 Å². The molecule has 0 aromatic carbocycles. The fourth-order valence-corrected chi connectivity index (χ4v) is 0.866. The monoisotopic (exact) mass is 128 g/mol. The van der Waals surface area contributed by atoms with Crippen LogP contribution in [0.5, 0.6) is 0 Å². The predicted molar refractivity (Wildman–Crippen MR) is 40.5 cm³/mol. The van der Waals surface area contributed by atoms with Crippen LogP contribution in [0.3, 0.4) is 0 Å². The first-order chi connectivity index (χ1) is 3.50. The molecule has 0 atom stereocenters. The lowest BCUT2D eigenvalue weighted by atomic mass is 9.99. The van der Waals surface area contributed by atoms with Gasteiger partial charge in [-0.15, -0.1) is 0 Å². The Kier molecular flexibility index (Phi) is 2.74. The molecule has 0 bridgehead atoms. The summed E-state index contributed by atoms with van der Waals surface area (Å²) in [5, 5.41) is 0.569. The van der Waals surface area contributed by atoms with Crippen LogP contribution in [0, 0.1) is 5.92 Å². The molecule has 0 amide bonds. The maximum Gasteiger partial charge on any atom is 0.0417 e. The van der Waals surface area contributed by atoms with Gasteiger partial charge in [0.1, 0.15) is 0 Å². The predicted octanol–water partition coefficient (Wildman–Crippen LogP) is 2.59. The zero-order chi connectivity index (χ0) is 6.78. The summed E-state index contributed by atoms with van der Waals surface area (Å²) in [6.07, 6.45) is 0. The van der Waals surface area contributed by atoms with Crippen LogP contribution in [0.25, 0.3) is 0 Å². The zero-order valence-electron chi connectivity index (χ0n) is 6.58. The van der Waals surface area contributed by atoms with E-state index in [0.717, 1.165) is 15.4 Å². The summed E-state index contributed by atoms with van der Waals surface area (Å²) in [5.74, 6) is 0.825. The molecule has 0 rings (SSSR count). The van der Waals surface area contributed by atoms with E-state index in [2.05, 4.69) is 34.2 Å². The molecule has 0 saturated carbocycles. The minimum absolute atomic E-state index is 0.569. The van der Waals surface area contributed by atoms with E-state index in [4.69, 9.17) is 0 Å². The van der Waals surface area contributed by atoms with Gasteiger partial charge in [0.05, 0.1) is 0 Å². The molecule has 0 saturated heterocycles. The third-order valence-corrected chi connectivity index (χ3v) is 3.95. The molecule has 0 heterocycles. The highest BCUT2D eigenvalue weighted by Crippen LogP contribution is 2.31. The van der Waals surface area contributed by atoms with Crippen LogP contribution in [0.2, 0.25) is 11.6 Å². The normalized spacial score (nSPS) is 12.8. The molecule has 0 N–H and O–H groups in total. The Hall–Kier alpha value is 0.217. The van der Waals surface area contributed by atoms with Crippen molar-refractivity contribution in [2.24, 2.45) is 5.92 Å². The highest BCUT2D eigenvalue weighted by Gasteiger charge is 2.19. The Morgan fingerprint density at radius 3 is 1.62 bits per heavy atom. The quantitative estimate of drug-likeness (QED) is 0.501. The van der Waals surface area contributed by atoms with Crippen LogP contribution >= 0.6 is 0 Å². The standard InChI is InChI=1S/C7H16Si/c1-6(2)7(3,4)8-5/h6H,1-5H3. The van der Waals surface area contributed by atoms with Crippen LogP contribution in [-0.4, -0.2) is 9.52 Å². The van der Waals surface area contributed by atoms with Gasteiger partial charge in [0.15, 0.2) is 0 Å². The lowest BCUT2D eigenvalue weighted by Crippen LogP contribution is -2.16. The van der Waals surface area contributed by atoms with Gasteiger partial charge in [0, 0.05) is 9.52 Å². The van der Waals surface area contributed by atoms with Crippen molar-refractivity contribution in [2.75, 3.05) is 0 Å². The largest absolute Gasteiger partial charge is 0.0728 e. The molecule has 8 heavy (non-hydrogen) atoms. The molecule has 2 radical (unpaired) electrons. The molecule has 1 heteroatoms. The van der Waals surface area contributed by atoms with Gasteiger partial charge in [-0.05, 0) is 11.0 Å². The number of rotatable bonds is 2. The highest BCUT2D eigenvalue weighted by atomic mass is 28.2. The molecule has 48 valence electrons. The first-order valence-corrected chi connectivity index (χ1v) is 4.69. The van der Waals surface area contributed by atoms with Crippen LogP contribution in [-0.2, 0) is 0 Å². The summed E-state index contributed by atoms with van der Waals surface area (Å²) in [7, 11) is 1.06. The van der Waals surface area contributed by atoms with E-state index < -0.39 is 0 Å². The van der Waals surface area contributed by atoms with Crippen molar-refractivity contribution in [3.8, 4) is 0 Å². The van der Waals surface area contributed by atoms with E-state index in [-0.39, 0.29) is 0 Å². The van der Waals surface area contributed by atoms with Crippen LogP contribution < -0.4 is 0 Å². The Labute approximate surface area is 55.5 Å². The van der Waals surface area contributed by atoms with Gasteiger partial charge < -0.3 is 0 Å². The molecular weight excluding hydrogens is 112 g/mol. The molecule has 0 aromatic heterocycles. The van der Waals surface area contributed by atoms with Gasteiger partial charge in [-0.25, -0.2) is 0 Å². The lowest BCUT2D eigenvalue weighted by Gasteiger charge is -2.26. The second-order valence-corrected chi connectivity index (χ2v) is 4.92. The second kappa shape index (κ2) is 2.67. The summed E-state index contributed by atoms with van der Waals surface area (Å²) in [6, 6.07) is 0. The van der Waals surface area contributed by atoms with Gasteiger partial charge in [0.25, 0.3) is 0 Å². The third kappa shape index (κ3) is 1.99. The fourth-order valence-electron chi connectivity index (χ4n) is 0.289. The molecule has 0 fully saturated rings. The summed E-state index contributed by atoms with van der Waals surface area (Å²) >= 11 is 0. The molecule has 0 aliphatic heterocycles. The molecule has 0 unspecified atom stereocenters. The number of hydrogen-bond acceptors (Lipinski definition) is 0. The zero-order valence-corrected chi connectivity index (χ0v) is 7.58. The molecule has 0 aliphatic carbocycles. The lowest BCUT2D eigenvalue weighted by molar-refractivity contribution is 0.475. The average Bonchev–Trinajstić information content (AvgIpc) is 1.67. The Balaban J connectivity index is 3.71. The first kappa shape index (κ1) is 8.22. The highest BCUT2D eigenvalue weighted by molar-refractivity contribution is 6.37. The molecule has 0 spiro atoms. The Bertz CT molecular complexity index is 64.8. The van der Waals surface area contributed by atoms with Gasteiger partial charge in [-0.3, -0.25) is 0 Å². The minimum atomic E-state index is 0.569. The van der Waals surface area contributed by atoms with E-state index in [1.54, 1.807) is 0 Å². The molecule has 0 nitrogen and oxygen atoms in total. The number of hydrogen-bond donors (Lipinski definition) is 0. The van der Waals surface area contributed by atoms with E-state index in [0.29, 0.717) is 5.04 Å². The molecule has 0 aromatic rings. The average molecular weight is 128 g/mol. The van der Waals surface area contributed by atoms with Crippen molar-refractivity contribution in [3.63, 3.8) is 0 Å². The fraction of sp³-hybridized carbons (Fsp3) is 1.00. The van der Waals surface area contributed by atoms with Gasteiger partial charge in [-0.1, -0.05) is 34.2 Å². The van der Waals surface area contributed by atoms with E-state index in [1.165, 1.54) is 0 Å². The van der Waals surface area contributed by atoms with Crippen molar-refractivity contribution in [2.45, 2.75) is 39.3 Å². The minimum Gasteiger partial charge on any atom is -0.0728 e. The second-order valence-electron chi connectivity index (χ2n) is 3.13. The summed E-state index contributed by atoms with van der Waals surface area (Å²) in [6.45, 7) is 11.5. The van der Waals surface area contributed by atoms with Gasteiger partial charge in [-0.2, -0.15) is 0 Å². The van der Waals surface area contributed by atoms with E-state index in [9.17, 15) is 0 Å².